The van der Waals surface area contributed by atoms with Gasteiger partial charge in [-0.15, -0.1) is 11.8 Å². The fourth-order valence-electron chi connectivity index (χ4n) is 6.09. The first kappa shape index (κ1) is 30.9. The predicted molar refractivity (Wildman–Crippen MR) is 161 cm³/mol. The number of carboxylic acid groups (broad SMARTS) is 1. The summed E-state index contributed by atoms with van der Waals surface area (Å²) in [5.41, 5.74) is 7.76. The maximum Gasteiger partial charge on any atom is 0.429 e. The first-order valence-corrected chi connectivity index (χ1v) is 15.6. The SMILES string of the molecule is CCCc1ccc(-c2cccc(SC)c2)c([C@@H](Oc2cc(N3CCC4(CC3)CN[C@H](C(=O)O)C4)nc(N)n2)C(F)(F)F)c1. The van der Waals surface area contributed by atoms with E-state index in [1.54, 1.807) is 18.2 Å². The number of nitrogens with zero attached hydrogens (tertiary/aromatic N) is 3. The van der Waals surface area contributed by atoms with Crippen LogP contribution in [0.1, 0.15) is 49.8 Å². The van der Waals surface area contributed by atoms with Gasteiger partial charge in [-0.25, -0.2) is 0 Å². The molecule has 0 bridgehead atoms. The van der Waals surface area contributed by atoms with Crippen LogP contribution in [0.2, 0.25) is 0 Å². The number of aliphatic carboxylic acids is 1. The van der Waals surface area contributed by atoms with E-state index in [2.05, 4.69) is 15.3 Å². The molecule has 1 aromatic heterocycles. The fraction of sp³-hybridized carbons (Fsp3) is 0.452. The minimum Gasteiger partial charge on any atom is -0.480 e. The molecule has 0 aliphatic carbocycles. The van der Waals surface area contributed by atoms with E-state index in [-0.39, 0.29) is 22.8 Å². The standard InChI is InChI=1S/C31H36F3N5O3S/c1-3-5-19-8-9-22(20-6-4-7-21(15-20)43-2)23(14-19)27(31(32,33)34)42-26-16-25(37-29(35)38-26)39-12-10-30(11-13-39)17-24(28(40)41)36-18-30/h4,6-9,14-16,24,27,36H,3,5,10-13,17-18H2,1-2H3,(H,40,41)(H2,35,37,38)/t24-,27+/m0/s1. The molecule has 2 aromatic carbocycles. The summed E-state index contributed by atoms with van der Waals surface area (Å²) in [5, 5.41) is 12.5. The third kappa shape index (κ3) is 7.01. The van der Waals surface area contributed by atoms with E-state index in [9.17, 15) is 23.1 Å². The number of hydrogen-bond acceptors (Lipinski definition) is 8. The van der Waals surface area contributed by atoms with Crippen molar-refractivity contribution in [1.82, 2.24) is 15.3 Å². The molecule has 12 heteroatoms. The number of carbonyl (C=O) groups is 1. The van der Waals surface area contributed by atoms with Gasteiger partial charge in [0, 0.05) is 36.2 Å². The van der Waals surface area contributed by atoms with Crippen LogP contribution in [0, 0.1) is 5.41 Å². The molecule has 2 atom stereocenters. The molecule has 3 heterocycles. The van der Waals surface area contributed by atoms with Crippen LogP contribution in [0.3, 0.4) is 0 Å². The number of nitrogen functional groups attached to an aromatic ring is 1. The van der Waals surface area contributed by atoms with Gasteiger partial charge in [-0.2, -0.15) is 23.1 Å². The highest BCUT2D eigenvalue weighted by Crippen LogP contribution is 2.43. The van der Waals surface area contributed by atoms with Gasteiger partial charge < -0.3 is 25.8 Å². The lowest BCUT2D eigenvalue weighted by Crippen LogP contribution is -2.41. The second-order valence-electron chi connectivity index (χ2n) is 11.3. The molecule has 0 radical (unpaired) electrons. The van der Waals surface area contributed by atoms with E-state index < -0.39 is 24.3 Å². The number of aryl methyl sites for hydroxylation is 1. The van der Waals surface area contributed by atoms with Gasteiger partial charge in [0.05, 0.1) is 0 Å². The number of benzene rings is 2. The summed E-state index contributed by atoms with van der Waals surface area (Å²) in [6.07, 6.45) is -1.71. The summed E-state index contributed by atoms with van der Waals surface area (Å²) in [6, 6.07) is 13.4. The normalized spacial score (nSPS) is 19.0. The van der Waals surface area contributed by atoms with Crippen LogP contribution in [0.25, 0.3) is 11.1 Å². The number of rotatable bonds is 9. The largest absolute Gasteiger partial charge is 0.480 e. The van der Waals surface area contributed by atoms with Crippen molar-refractivity contribution in [2.75, 3.05) is 36.5 Å². The number of piperidine rings is 1. The van der Waals surface area contributed by atoms with Crippen LogP contribution in [0.15, 0.2) is 53.4 Å². The zero-order chi connectivity index (χ0) is 30.8. The number of ether oxygens (including phenoxy) is 1. The summed E-state index contributed by atoms with van der Waals surface area (Å²) in [5.74, 6) is -0.922. The van der Waals surface area contributed by atoms with Gasteiger partial charge >= 0.3 is 12.1 Å². The zero-order valence-electron chi connectivity index (χ0n) is 24.2. The molecule has 4 N–H and O–H groups in total. The summed E-state index contributed by atoms with van der Waals surface area (Å²) in [4.78, 5) is 22.6. The second-order valence-corrected chi connectivity index (χ2v) is 12.2. The third-order valence-corrected chi connectivity index (χ3v) is 9.09. The number of thioether (sulfide) groups is 1. The number of alkyl halides is 3. The maximum atomic E-state index is 14.8. The van der Waals surface area contributed by atoms with Crippen LogP contribution in [0.4, 0.5) is 24.9 Å². The number of halogens is 3. The Bertz CT molecular complexity index is 1460. The molecule has 8 nitrogen and oxygen atoms in total. The zero-order valence-corrected chi connectivity index (χ0v) is 25.0. The van der Waals surface area contributed by atoms with Gasteiger partial charge in [0.15, 0.2) is 0 Å². The van der Waals surface area contributed by atoms with Crippen LogP contribution >= 0.6 is 11.8 Å². The Kier molecular flexibility index (Phi) is 9.07. The molecule has 230 valence electrons. The van der Waals surface area contributed by atoms with Crippen molar-refractivity contribution in [3.63, 3.8) is 0 Å². The van der Waals surface area contributed by atoms with Gasteiger partial charge in [0.1, 0.15) is 11.9 Å². The van der Waals surface area contributed by atoms with Crippen molar-refractivity contribution in [3.05, 3.63) is 59.7 Å². The molecule has 43 heavy (non-hydrogen) atoms. The average Bonchev–Trinajstić information content (AvgIpc) is 3.39. The number of carboxylic acids is 1. The fourth-order valence-corrected chi connectivity index (χ4v) is 6.55. The summed E-state index contributed by atoms with van der Waals surface area (Å²) in [6.45, 7) is 3.71. The Balaban J connectivity index is 1.44. The van der Waals surface area contributed by atoms with E-state index in [4.69, 9.17) is 10.5 Å². The first-order valence-electron chi connectivity index (χ1n) is 14.4. The topological polar surface area (TPSA) is 114 Å². The molecule has 0 saturated carbocycles. The van der Waals surface area contributed by atoms with Crippen molar-refractivity contribution in [2.24, 2.45) is 5.41 Å². The number of nitrogens with one attached hydrogen (secondary N) is 1. The molecule has 0 amide bonds. The predicted octanol–water partition coefficient (Wildman–Crippen LogP) is 6.12. The Labute approximate surface area is 253 Å². The molecule has 2 saturated heterocycles. The number of hydrogen-bond donors (Lipinski definition) is 3. The number of nitrogens with two attached hydrogens (primary N) is 1. The van der Waals surface area contributed by atoms with E-state index in [0.717, 1.165) is 29.7 Å². The Morgan fingerprint density at radius 3 is 2.63 bits per heavy atom. The van der Waals surface area contributed by atoms with Crippen LogP contribution in [-0.4, -0.2) is 59.2 Å². The molecule has 2 fully saturated rings. The van der Waals surface area contributed by atoms with Gasteiger partial charge in [-0.1, -0.05) is 43.7 Å². The highest BCUT2D eigenvalue weighted by atomic mass is 32.2. The molecular weight excluding hydrogens is 579 g/mol. The monoisotopic (exact) mass is 615 g/mol. The lowest BCUT2D eigenvalue weighted by Gasteiger charge is -2.39. The van der Waals surface area contributed by atoms with Crippen molar-refractivity contribution in [2.45, 2.75) is 62.2 Å². The van der Waals surface area contributed by atoms with Crippen molar-refractivity contribution in [3.8, 4) is 17.0 Å². The van der Waals surface area contributed by atoms with E-state index in [1.165, 1.54) is 17.8 Å². The summed E-state index contributed by atoms with van der Waals surface area (Å²) >= 11 is 1.52. The highest BCUT2D eigenvalue weighted by Gasteiger charge is 2.46. The number of aromatic nitrogens is 2. The van der Waals surface area contributed by atoms with Gasteiger partial charge in [-0.3, -0.25) is 4.79 Å². The molecule has 3 aromatic rings. The Morgan fingerprint density at radius 1 is 1.21 bits per heavy atom. The molecule has 2 aliphatic rings. The summed E-state index contributed by atoms with van der Waals surface area (Å²) < 4.78 is 50.1. The smallest absolute Gasteiger partial charge is 0.429 e. The Morgan fingerprint density at radius 2 is 1.98 bits per heavy atom. The quantitative estimate of drug-likeness (QED) is 0.245. The van der Waals surface area contributed by atoms with Crippen molar-refractivity contribution in [1.29, 1.82) is 0 Å². The minimum atomic E-state index is -4.75. The number of anilines is 2. The van der Waals surface area contributed by atoms with E-state index in [0.29, 0.717) is 49.4 Å². The minimum absolute atomic E-state index is 0.0112. The van der Waals surface area contributed by atoms with Gasteiger partial charge in [0.25, 0.3) is 0 Å². The van der Waals surface area contributed by atoms with Gasteiger partial charge in [0.2, 0.25) is 17.9 Å². The van der Waals surface area contributed by atoms with Crippen molar-refractivity contribution < 1.29 is 27.8 Å². The first-order chi connectivity index (χ1) is 20.5. The van der Waals surface area contributed by atoms with Gasteiger partial charge in [-0.05, 0) is 66.2 Å². The lowest BCUT2D eigenvalue weighted by molar-refractivity contribution is -0.198. The summed E-state index contributed by atoms with van der Waals surface area (Å²) in [7, 11) is 0. The van der Waals surface area contributed by atoms with E-state index in [1.807, 2.05) is 42.3 Å². The average molecular weight is 616 g/mol. The second kappa shape index (κ2) is 12.6. The molecule has 0 unspecified atom stereocenters. The maximum absolute atomic E-state index is 14.8. The lowest BCUT2D eigenvalue weighted by atomic mass is 9.76. The molecule has 2 aliphatic heterocycles. The van der Waals surface area contributed by atoms with Crippen molar-refractivity contribution >= 4 is 29.5 Å². The highest BCUT2D eigenvalue weighted by molar-refractivity contribution is 7.98. The van der Waals surface area contributed by atoms with E-state index >= 15 is 0 Å². The van der Waals surface area contributed by atoms with Crippen LogP contribution in [-0.2, 0) is 11.2 Å². The van der Waals surface area contributed by atoms with Crippen LogP contribution < -0.4 is 20.7 Å². The third-order valence-electron chi connectivity index (χ3n) is 8.37. The molecule has 1 spiro atoms. The molecule has 5 rings (SSSR count). The Hall–Kier alpha value is -3.51. The molecular formula is C31H36F3N5O3S. The van der Waals surface area contributed by atoms with Crippen LogP contribution in [0.5, 0.6) is 5.88 Å².